The molecule has 0 spiro atoms. The van der Waals surface area contributed by atoms with Crippen LogP contribution < -0.4 is 16.4 Å². The van der Waals surface area contributed by atoms with E-state index in [1.54, 1.807) is 25.3 Å². The van der Waals surface area contributed by atoms with Gasteiger partial charge in [0.2, 0.25) is 5.91 Å². The van der Waals surface area contributed by atoms with Crippen LogP contribution in [-0.2, 0) is 11.2 Å². The quantitative estimate of drug-likeness (QED) is 0.537. The number of aromatic nitrogens is 2. The summed E-state index contributed by atoms with van der Waals surface area (Å²) in [6.45, 7) is 1.67. The van der Waals surface area contributed by atoms with Gasteiger partial charge in [-0.25, -0.2) is 4.98 Å². The number of aryl methyl sites for hydroxylation is 1. The zero-order valence-electron chi connectivity index (χ0n) is 16.1. The molecule has 0 saturated carbocycles. The third kappa shape index (κ3) is 3.99. The number of nitrogens with one attached hydrogen (secondary N) is 3. The summed E-state index contributed by atoms with van der Waals surface area (Å²) in [6.07, 6.45) is 3.33. The minimum atomic E-state index is -0.670. The van der Waals surface area contributed by atoms with Gasteiger partial charge in [-0.3, -0.25) is 9.59 Å². The highest BCUT2D eigenvalue weighted by Gasteiger charge is 2.27. The fraction of sp³-hybridized carbons (Fsp3) is 0.227. The molecule has 3 aromatic rings. The molecule has 1 aromatic carbocycles. The highest BCUT2D eigenvalue weighted by atomic mass is 16.2. The van der Waals surface area contributed by atoms with Crippen molar-refractivity contribution >= 4 is 17.6 Å². The molecule has 2 heterocycles. The second-order valence-electron chi connectivity index (χ2n) is 7.24. The van der Waals surface area contributed by atoms with Gasteiger partial charge in [0.1, 0.15) is 17.6 Å². The Hall–Kier alpha value is -3.61. The number of rotatable bonds is 5. The average Bonchev–Trinajstić information content (AvgIpc) is 3.36. The Morgan fingerprint density at radius 3 is 2.76 bits per heavy atom. The summed E-state index contributed by atoms with van der Waals surface area (Å²) < 4.78 is 0. The van der Waals surface area contributed by atoms with Crippen molar-refractivity contribution in [3.63, 3.8) is 0 Å². The molecule has 1 aliphatic rings. The van der Waals surface area contributed by atoms with Gasteiger partial charge in [0.25, 0.3) is 5.91 Å². The maximum Gasteiger partial charge on any atom is 0.268 e. The van der Waals surface area contributed by atoms with E-state index in [0.717, 1.165) is 35.2 Å². The number of hydrogen-bond acceptors (Lipinski definition) is 4. The summed E-state index contributed by atoms with van der Waals surface area (Å²) in [4.78, 5) is 32.4. The minimum Gasteiger partial charge on any atom is -0.384 e. The average molecular weight is 389 g/mol. The monoisotopic (exact) mass is 389 g/mol. The SMILES string of the molecule is CC(NC(=O)c1cc(-c2ccccc2)c[nH]1)C(=O)NC1CCc2nc(N)ccc21. The number of hydrogen-bond donors (Lipinski definition) is 4. The van der Waals surface area contributed by atoms with Crippen LogP contribution in [-0.4, -0.2) is 27.8 Å². The predicted molar refractivity (Wildman–Crippen MR) is 111 cm³/mol. The Labute approximate surface area is 168 Å². The Morgan fingerprint density at radius 2 is 1.97 bits per heavy atom. The number of nitrogen functional groups attached to an aromatic ring is 1. The molecule has 0 bridgehead atoms. The molecule has 0 radical (unpaired) electrons. The van der Waals surface area contributed by atoms with Crippen LogP contribution in [0.3, 0.4) is 0 Å². The smallest absolute Gasteiger partial charge is 0.268 e. The first-order valence-corrected chi connectivity index (χ1v) is 9.61. The van der Waals surface area contributed by atoms with Crippen LogP contribution in [0.2, 0.25) is 0 Å². The molecule has 2 unspecified atom stereocenters. The number of aromatic amines is 1. The van der Waals surface area contributed by atoms with Gasteiger partial charge in [-0.05, 0) is 48.6 Å². The van der Waals surface area contributed by atoms with Crippen LogP contribution in [0.1, 0.15) is 41.1 Å². The number of carbonyl (C=O) groups excluding carboxylic acids is 2. The maximum absolute atomic E-state index is 12.6. The van der Waals surface area contributed by atoms with Gasteiger partial charge in [0, 0.05) is 11.9 Å². The first-order valence-electron chi connectivity index (χ1n) is 9.61. The van der Waals surface area contributed by atoms with E-state index in [2.05, 4.69) is 20.6 Å². The number of pyridine rings is 1. The summed E-state index contributed by atoms with van der Waals surface area (Å²) >= 11 is 0. The van der Waals surface area contributed by atoms with Crippen molar-refractivity contribution in [2.24, 2.45) is 0 Å². The molecule has 2 atom stereocenters. The fourth-order valence-corrected chi connectivity index (χ4v) is 3.59. The zero-order chi connectivity index (χ0) is 20.4. The zero-order valence-corrected chi connectivity index (χ0v) is 16.1. The third-order valence-electron chi connectivity index (χ3n) is 5.17. The standard InChI is InChI=1S/C22H23N5O2/c1-13(21(28)27-18-9-8-17-16(18)7-10-20(23)26-17)25-22(29)19-11-15(12-24-19)14-5-3-2-4-6-14/h2-7,10-13,18,24H,8-9H2,1H3,(H2,23,26)(H,25,29)(H,27,28). The topological polar surface area (TPSA) is 113 Å². The summed E-state index contributed by atoms with van der Waals surface area (Å²) in [5, 5.41) is 5.75. The number of amides is 2. The number of nitrogens with two attached hydrogens (primary N) is 1. The second kappa shape index (κ2) is 7.79. The fourth-order valence-electron chi connectivity index (χ4n) is 3.59. The van der Waals surface area contributed by atoms with Gasteiger partial charge in [0.05, 0.1) is 6.04 Å². The van der Waals surface area contributed by atoms with Crippen LogP contribution >= 0.6 is 0 Å². The van der Waals surface area contributed by atoms with E-state index in [4.69, 9.17) is 5.73 Å². The maximum atomic E-state index is 12.6. The molecule has 5 N–H and O–H groups in total. The van der Waals surface area contributed by atoms with Crippen LogP contribution in [0.15, 0.2) is 54.7 Å². The van der Waals surface area contributed by atoms with E-state index in [0.29, 0.717) is 11.5 Å². The largest absolute Gasteiger partial charge is 0.384 e. The number of H-pyrrole nitrogens is 1. The van der Waals surface area contributed by atoms with Gasteiger partial charge < -0.3 is 21.4 Å². The van der Waals surface area contributed by atoms with E-state index in [1.165, 1.54) is 0 Å². The molecule has 7 heteroatoms. The molecule has 29 heavy (non-hydrogen) atoms. The molecule has 0 fully saturated rings. The van der Waals surface area contributed by atoms with Crippen LogP contribution in [0, 0.1) is 0 Å². The summed E-state index contributed by atoms with van der Waals surface area (Å²) in [5.74, 6) is -0.0730. The Kier molecular flexibility index (Phi) is 5.03. The van der Waals surface area contributed by atoms with E-state index < -0.39 is 6.04 Å². The lowest BCUT2D eigenvalue weighted by molar-refractivity contribution is -0.123. The van der Waals surface area contributed by atoms with Gasteiger partial charge >= 0.3 is 0 Å². The van der Waals surface area contributed by atoms with Crippen molar-refractivity contribution in [3.05, 3.63) is 71.7 Å². The summed E-state index contributed by atoms with van der Waals surface area (Å²) in [6, 6.07) is 14.4. The van der Waals surface area contributed by atoms with Crippen molar-refractivity contribution in [1.82, 2.24) is 20.6 Å². The third-order valence-corrected chi connectivity index (χ3v) is 5.17. The highest BCUT2D eigenvalue weighted by Crippen LogP contribution is 2.30. The highest BCUT2D eigenvalue weighted by molar-refractivity contribution is 5.97. The molecule has 4 rings (SSSR count). The summed E-state index contributed by atoms with van der Waals surface area (Å²) in [5.41, 5.74) is 9.98. The van der Waals surface area contributed by atoms with E-state index in [-0.39, 0.29) is 17.9 Å². The summed E-state index contributed by atoms with van der Waals surface area (Å²) in [7, 11) is 0. The molecule has 2 amide bonds. The molecular formula is C22H23N5O2. The normalized spacial score (nSPS) is 16.1. The van der Waals surface area contributed by atoms with Gasteiger partial charge in [-0.2, -0.15) is 0 Å². The number of anilines is 1. The lowest BCUT2D eigenvalue weighted by Crippen LogP contribution is -2.45. The second-order valence-corrected chi connectivity index (χ2v) is 7.24. The molecule has 1 aliphatic carbocycles. The van der Waals surface area contributed by atoms with Crippen molar-refractivity contribution in [1.29, 1.82) is 0 Å². The van der Waals surface area contributed by atoms with E-state index >= 15 is 0 Å². The number of carbonyl (C=O) groups is 2. The molecule has 0 aliphatic heterocycles. The van der Waals surface area contributed by atoms with Crippen LogP contribution in [0.5, 0.6) is 0 Å². The number of fused-ring (bicyclic) bond motifs is 1. The number of benzene rings is 1. The minimum absolute atomic E-state index is 0.111. The van der Waals surface area contributed by atoms with Crippen molar-refractivity contribution in [2.45, 2.75) is 31.8 Å². The predicted octanol–water partition coefficient (Wildman–Crippen LogP) is 2.58. The van der Waals surface area contributed by atoms with Gasteiger partial charge in [-0.15, -0.1) is 0 Å². The van der Waals surface area contributed by atoms with Crippen molar-refractivity contribution in [3.8, 4) is 11.1 Å². The van der Waals surface area contributed by atoms with Crippen LogP contribution in [0.25, 0.3) is 11.1 Å². The van der Waals surface area contributed by atoms with Crippen molar-refractivity contribution in [2.75, 3.05) is 5.73 Å². The Bertz CT molecular complexity index is 1040. The first kappa shape index (κ1) is 18.7. The van der Waals surface area contributed by atoms with Crippen molar-refractivity contribution < 1.29 is 9.59 Å². The van der Waals surface area contributed by atoms with E-state index in [1.807, 2.05) is 36.4 Å². The molecular weight excluding hydrogens is 366 g/mol. The first-order chi connectivity index (χ1) is 14.0. The Morgan fingerprint density at radius 1 is 1.17 bits per heavy atom. The Balaban J connectivity index is 1.37. The lowest BCUT2D eigenvalue weighted by Gasteiger charge is -2.18. The molecule has 148 valence electrons. The van der Waals surface area contributed by atoms with Gasteiger partial charge in [-0.1, -0.05) is 36.4 Å². The number of nitrogens with zero attached hydrogens (tertiary/aromatic N) is 1. The lowest BCUT2D eigenvalue weighted by atomic mass is 10.1. The molecule has 7 nitrogen and oxygen atoms in total. The van der Waals surface area contributed by atoms with Gasteiger partial charge in [0.15, 0.2) is 0 Å². The van der Waals surface area contributed by atoms with E-state index in [9.17, 15) is 9.59 Å². The van der Waals surface area contributed by atoms with Crippen LogP contribution in [0.4, 0.5) is 5.82 Å². The molecule has 0 saturated heterocycles. The molecule has 2 aromatic heterocycles.